The van der Waals surface area contributed by atoms with Crippen LogP contribution in [0.1, 0.15) is 11.1 Å². The van der Waals surface area contributed by atoms with E-state index in [1.807, 2.05) is 27.0 Å². The van der Waals surface area contributed by atoms with Gasteiger partial charge in [-0.05, 0) is 47.0 Å². The third kappa shape index (κ3) is 1.71. The van der Waals surface area contributed by atoms with E-state index in [1.165, 1.54) is 0 Å². The molecule has 2 heterocycles. The second-order valence-corrected chi connectivity index (χ2v) is 4.35. The molecule has 0 radical (unpaired) electrons. The molecule has 2 aromatic rings. The number of halogens is 1. The van der Waals surface area contributed by atoms with Gasteiger partial charge in [0.25, 0.3) is 0 Å². The number of aromatic nitrogens is 2. The van der Waals surface area contributed by atoms with E-state index in [0.29, 0.717) is 0 Å². The first-order chi connectivity index (χ1) is 7.65. The van der Waals surface area contributed by atoms with Crippen LogP contribution in [-0.4, -0.2) is 17.2 Å². The Balaban J connectivity index is 2.60. The highest BCUT2D eigenvalue weighted by molar-refractivity contribution is 9.10. The number of furan rings is 1. The van der Waals surface area contributed by atoms with Crippen molar-refractivity contribution < 1.29 is 4.42 Å². The summed E-state index contributed by atoms with van der Waals surface area (Å²) in [6, 6.07) is 1.85. The molecule has 0 fully saturated rings. The molecule has 84 valence electrons. The fourth-order valence-electron chi connectivity index (χ4n) is 1.52. The number of hydrogen-bond donors (Lipinski definition) is 1. The molecule has 0 aliphatic carbocycles. The first-order valence-electron chi connectivity index (χ1n) is 4.90. The van der Waals surface area contributed by atoms with Crippen molar-refractivity contribution in [2.45, 2.75) is 13.8 Å². The summed E-state index contributed by atoms with van der Waals surface area (Å²) < 4.78 is 6.28. The summed E-state index contributed by atoms with van der Waals surface area (Å²) >= 11 is 3.42. The van der Waals surface area contributed by atoms with Crippen molar-refractivity contribution in [2.75, 3.05) is 12.4 Å². The molecule has 0 aromatic carbocycles. The van der Waals surface area contributed by atoms with Crippen molar-refractivity contribution >= 4 is 21.7 Å². The van der Waals surface area contributed by atoms with Crippen molar-refractivity contribution in [3.05, 3.63) is 27.9 Å². The van der Waals surface area contributed by atoms with Gasteiger partial charge in [-0.3, -0.25) is 0 Å². The zero-order valence-corrected chi connectivity index (χ0v) is 10.9. The minimum Gasteiger partial charge on any atom is -0.461 e. The summed E-state index contributed by atoms with van der Waals surface area (Å²) in [5, 5.41) is 11.3. The molecule has 0 aliphatic heterocycles. The van der Waals surface area contributed by atoms with Gasteiger partial charge in [0.15, 0.2) is 11.6 Å². The molecule has 2 aromatic heterocycles. The van der Waals surface area contributed by atoms with Crippen LogP contribution >= 0.6 is 15.9 Å². The van der Waals surface area contributed by atoms with Gasteiger partial charge in [0, 0.05) is 7.05 Å². The lowest BCUT2D eigenvalue weighted by atomic mass is 10.1. The quantitative estimate of drug-likeness (QED) is 0.919. The summed E-state index contributed by atoms with van der Waals surface area (Å²) in [5.41, 5.74) is 2.92. The Morgan fingerprint density at radius 1 is 1.25 bits per heavy atom. The van der Waals surface area contributed by atoms with E-state index in [0.717, 1.165) is 32.9 Å². The van der Waals surface area contributed by atoms with Gasteiger partial charge >= 0.3 is 0 Å². The standard InChI is InChI=1S/C11H12BrN3O/c1-6-7(2)11(13-3)15-14-9(6)10-8(12)4-5-16-10/h4-5H,1-3H3,(H,13,15). The molecule has 2 rings (SSSR count). The van der Waals surface area contributed by atoms with Gasteiger partial charge in [-0.25, -0.2) is 0 Å². The maximum atomic E-state index is 5.39. The number of anilines is 1. The van der Waals surface area contributed by atoms with Crippen molar-refractivity contribution in [1.29, 1.82) is 0 Å². The van der Waals surface area contributed by atoms with Crippen LogP contribution in [-0.2, 0) is 0 Å². The summed E-state index contributed by atoms with van der Waals surface area (Å²) in [6.07, 6.45) is 1.63. The number of hydrogen-bond acceptors (Lipinski definition) is 4. The summed E-state index contributed by atoms with van der Waals surface area (Å²) in [4.78, 5) is 0. The third-order valence-electron chi connectivity index (χ3n) is 2.59. The molecule has 0 bridgehead atoms. The molecule has 0 saturated heterocycles. The van der Waals surface area contributed by atoms with Gasteiger partial charge in [-0.2, -0.15) is 0 Å². The first kappa shape index (κ1) is 11.1. The Labute approximate surface area is 102 Å². The molecule has 1 N–H and O–H groups in total. The molecule has 5 heteroatoms. The van der Waals surface area contributed by atoms with Crippen LogP contribution in [0.15, 0.2) is 21.2 Å². The fourth-order valence-corrected chi connectivity index (χ4v) is 1.91. The van der Waals surface area contributed by atoms with Crippen LogP contribution < -0.4 is 5.32 Å². The molecule has 0 aliphatic rings. The van der Waals surface area contributed by atoms with Crippen LogP contribution in [0, 0.1) is 13.8 Å². The van der Waals surface area contributed by atoms with Crippen molar-refractivity contribution in [3.8, 4) is 11.5 Å². The van der Waals surface area contributed by atoms with E-state index in [2.05, 4.69) is 31.4 Å². The van der Waals surface area contributed by atoms with Gasteiger partial charge in [0.2, 0.25) is 0 Å². The Morgan fingerprint density at radius 3 is 2.56 bits per heavy atom. The van der Waals surface area contributed by atoms with E-state index >= 15 is 0 Å². The molecular formula is C11H12BrN3O. The molecule has 0 saturated carbocycles. The lowest BCUT2D eigenvalue weighted by Gasteiger charge is -2.09. The first-order valence-corrected chi connectivity index (χ1v) is 5.69. The fraction of sp³-hybridized carbons (Fsp3) is 0.273. The number of rotatable bonds is 2. The van der Waals surface area contributed by atoms with E-state index < -0.39 is 0 Å². The third-order valence-corrected chi connectivity index (χ3v) is 3.22. The Hall–Kier alpha value is -1.36. The lowest BCUT2D eigenvalue weighted by Crippen LogP contribution is -2.02. The van der Waals surface area contributed by atoms with Gasteiger partial charge in [0.05, 0.1) is 10.7 Å². The molecule has 0 unspecified atom stereocenters. The second kappa shape index (κ2) is 4.25. The van der Waals surface area contributed by atoms with Gasteiger partial charge < -0.3 is 9.73 Å². The highest BCUT2D eigenvalue weighted by Crippen LogP contribution is 2.31. The average Bonchev–Trinajstić information content (AvgIpc) is 2.69. The van der Waals surface area contributed by atoms with Gasteiger partial charge in [0.1, 0.15) is 5.69 Å². The molecular weight excluding hydrogens is 270 g/mol. The van der Waals surface area contributed by atoms with E-state index in [4.69, 9.17) is 4.42 Å². The minimum absolute atomic E-state index is 0.718. The van der Waals surface area contributed by atoms with Crippen LogP contribution in [0.25, 0.3) is 11.5 Å². The topological polar surface area (TPSA) is 51.0 Å². The maximum Gasteiger partial charge on any atom is 0.168 e. The predicted octanol–water partition coefficient (Wildman–Crippen LogP) is 3.16. The summed E-state index contributed by atoms with van der Waals surface area (Å²) in [7, 11) is 1.83. The SMILES string of the molecule is CNc1nnc(-c2occc2Br)c(C)c1C. The van der Waals surface area contributed by atoms with E-state index in [1.54, 1.807) is 6.26 Å². The molecule has 0 amide bonds. The molecule has 4 nitrogen and oxygen atoms in total. The Kier molecular flexibility index (Phi) is 2.96. The monoisotopic (exact) mass is 281 g/mol. The smallest absolute Gasteiger partial charge is 0.168 e. The lowest BCUT2D eigenvalue weighted by molar-refractivity contribution is 0.577. The number of nitrogens with zero attached hydrogens (tertiary/aromatic N) is 2. The summed E-state index contributed by atoms with van der Waals surface area (Å²) in [6.45, 7) is 4.02. The zero-order chi connectivity index (χ0) is 11.7. The predicted molar refractivity (Wildman–Crippen MR) is 66.5 cm³/mol. The van der Waals surface area contributed by atoms with E-state index in [9.17, 15) is 0 Å². The second-order valence-electron chi connectivity index (χ2n) is 3.49. The van der Waals surface area contributed by atoms with Crippen LogP contribution in [0.3, 0.4) is 0 Å². The molecule has 0 spiro atoms. The van der Waals surface area contributed by atoms with Crippen LogP contribution in [0.4, 0.5) is 5.82 Å². The van der Waals surface area contributed by atoms with Crippen molar-refractivity contribution in [1.82, 2.24) is 10.2 Å². The van der Waals surface area contributed by atoms with Crippen molar-refractivity contribution in [3.63, 3.8) is 0 Å². The van der Waals surface area contributed by atoms with Crippen LogP contribution in [0.2, 0.25) is 0 Å². The summed E-state index contributed by atoms with van der Waals surface area (Å²) in [5.74, 6) is 1.51. The van der Waals surface area contributed by atoms with Gasteiger partial charge in [-0.1, -0.05) is 0 Å². The highest BCUT2D eigenvalue weighted by atomic mass is 79.9. The maximum absolute atomic E-state index is 5.39. The molecule has 16 heavy (non-hydrogen) atoms. The van der Waals surface area contributed by atoms with Crippen LogP contribution in [0.5, 0.6) is 0 Å². The normalized spacial score (nSPS) is 10.5. The average molecular weight is 282 g/mol. The number of nitrogens with one attached hydrogen (secondary N) is 1. The van der Waals surface area contributed by atoms with E-state index in [-0.39, 0.29) is 0 Å². The Bertz CT molecular complexity index is 522. The van der Waals surface area contributed by atoms with Gasteiger partial charge in [-0.15, -0.1) is 10.2 Å². The molecule has 0 atom stereocenters. The Morgan fingerprint density at radius 2 is 2.00 bits per heavy atom. The zero-order valence-electron chi connectivity index (χ0n) is 9.34. The van der Waals surface area contributed by atoms with Crippen molar-refractivity contribution in [2.24, 2.45) is 0 Å². The largest absolute Gasteiger partial charge is 0.461 e. The highest BCUT2D eigenvalue weighted by Gasteiger charge is 2.15. The minimum atomic E-state index is 0.718.